The first-order valence-electron chi connectivity index (χ1n) is 6.62. The minimum Gasteiger partial charge on any atom is -0.495 e. The molecular weight excluding hydrogens is 292 g/mol. The highest BCUT2D eigenvalue weighted by Gasteiger charge is 2.27. The number of carbonyl (C=O) groups is 1. The molecule has 21 heavy (non-hydrogen) atoms. The van der Waals surface area contributed by atoms with Gasteiger partial charge in [0.1, 0.15) is 11.5 Å². The van der Waals surface area contributed by atoms with Gasteiger partial charge in [-0.25, -0.2) is 8.42 Å². The van der Waals surface area contributed by atoms with E-state index < -0.39 is 26.7 Å². The molecule has 0 bridgehead atoms. The van der Waals surface area contributed by atoms with Crippen LogP contribution in [-0.2, 0) is 14.6 Å². The molecule has 7 heteroatoms. The van der Waals surface area contributed by atoms with Crippen LogP contribution in [0.1, 0.15) is 20.8 Å². The van der Waals surface area contributed by atoms with Crippen molar-refractivity contribution < 1.29 is 17.9 Å². The lowest BCUT2D eigenvalue weighted by Crippen LogP contribution is -2.32. The average Bonchev–Trinajstić information content (AvgIpc) is 2.37. The first kappa shape index (κ1) is 17.3. The molecule has 1 unspecified atom stereocenters. The molecule has 1 aromatic carbocycles. The van der Waals surface area contributed by atoms with Gasteiger partial charge in [0.25, 0.3) is 0 Å². The van der Waals surface area contributed by atoms with Crippen molar-refractivity contribution in [1.82, 2.24) is 0 Å². The summed E-state index contributed by atoms with van der Waals surface area (Å²) in [7, 11) is -2.04. The van der Waals surface area contributed by atoms with Crippen LogP contribution < -0.4 is 15.8 Å². The summed E-state index contributed by atoms with van der Waals surface area (Å²) in [6, 6.07) is 4.76. The van der Waals surface area contributed by atoms with Crippen LogP contribution in [0, 0.1) is 5.92 Å². The van der Waals surface area contributed by atoms with E-state index in [1.54, 1.807) is 32.9 Å². The van der Waals surface area contributed by atoms with E-state index in [0.717, 1.165) is 0 Å². The third-order valence-electron chi connectivity index (χ3n) is 3.34. The van der Waals surface area contributed by atoms with Gasteiger partial charge in [0, 0.05) is 5.69 Å². The van der Waals surface area contributed by atoms with Gasteiger partial charge in [0.2, 0.25) is 5.91 Å². The van der Waals surface area contributed by atoms with Crippen LogP contribution in [0.2, 0.25) is 0 Å². The van der Waals surface area contributed by atoms with Crippen molar-refractivity contribution in [3.63, 3.8) is 0 Å². The molecule has 0 aliphatic heterocycles. The van der Waals surface area contributed by atoms with Gasteiger partial charge in [-0.3, -0.25) is 4.79 Å². The minimum atomic E-state index is -3.49. The number of anilines is 2. The smallest absolute Gasteiger partial charge is 0.239 e. The Labute approximate surface area is 125 Å². The lowest BCUT2D eigenvalue weighted by Gasteiger charge is -2.16. The van der Waals surface area contributed by atoms with Crippen molar-refractivity contribution in [2.75, 3.05) is 23.9 Å². The molecule has 1 rings (SSSR count). The zero-order chi connectivity index (χ0) is 16.2. The second-order valence-corrected chi connectivity index (χ2v) is 7.62. The highest BCUT2D eigenvalue weighted by Crippen LogP contribution is 2.26. The molecule has 1 amide bonds. The number of nitrogens with one attached hydrogen (secondary N) is 1. The summed E-state index contributed by atoms with van der Waals surface area (Å²) in [5, 5.41) is 1.95. The Balaban J connectivity index is 2.86. The standard InChI is InChI=1S/C14H22N2O4S/c1-9(2)10(3)21(18,19)8-14(17)16-12-7-11(15)5-6-13(12)20-4/h5-7,9-10H,8,15H2,1-4H3,(H,16,17). The molecule has 1 aromatic rings. The largest absolute Gasteiger partial charge is 0.495 e. The molecule has 0 saturated heterocycles. The molecule has 0 saturated carbocycles. The molecule has 0 radical (unpaired) electrons. The Morgan fingerprint density at radius 3 is 2.48 bits per heavy atom. The molecule has 0 aromatic heterocycles. The van der Waals surface area contributed by atoms with Crippen LogP contribution in [-0.4, -0.2) is 32.4 Å². The Kier molecular flexibility index (Phi) is 5.60. The fraction of sp³-hybridized carbons (Fsp3) is 0.500. The zero-order valence-corrected chi connectivity index (χ0v) is 13.5. The van der Waals surface area contributed by atoms with Crippen molar-refractivity contribution in [2.45, 2.75) is 26.0 Å². The number of rotatable bonds is 6. The summed E-state index contributed by atoms with van der Waals surface area (Å²) < 4.78 is 29.3. The second-order valence-electron chi connectivity index (χ2n) is 5.26. The summed E-state index contributed by atoms with van der Waals surface area (Å²) in [5.74, 6) is -0.799. The highest BCUT2D eigenvalue weighted by molar-refractivity contribution is 7.92. The van der Waals surface area contributed by atoms with Crippen molar-refractivity contribution in [3.8, 4) is 5.75 Å². The number of amides is 1. The topological polar surface area (TPSA) is 98.5 Å². The fourth-order valence-corrected chi connectivity index (χ4v) is 3.27. The average molecular weight is 314 g/mol. The Morgan fingerprint density at radius 2 is 1.95 bits per heavy atom. The number of hydrogen-bond donors (Lipinski definition) is 2. The van der Waals surface area contributed by atoms with Gasteiger partial charge < -0.3 is 15.8 Å². The van der Waals surface area contributed by atoms with Gasteiger partial charge in [-0.15, -0.1) is 0 Å². The molecule has 118 valence electrons. The number of nitrogen functional groups attached to an aromatic ring is 1. The van der Waals surface area contributed by atoms with Gasteiger partial charge in [-0.1, -0.05) is 13.8 Å². The number of nitrogens with two attached hydrogens (primary N) is 1. The van der Waals surface area contributed by atoms with Crippen LogP contribution in [0.4, 0.5) is 11.4 Å². The maximum absolute atomic E-state index is 12.1. The Bertz CT molecular complexity index is 611. The van der Waals surface area contributed by atoms with E-state index in [9.17, 15) is 13.2 Å². The predicted molar refractivity (Wildman–Crippen MR) is 84.1 cm³/mol. The van der Waals surface area contributed by atoms with Crippen molar-refractivity contribution in [2.24, 2.45) is 5.92 Å². The van der Waals surface area contributed by atoms with Crippen molar-refractivity contribution in [1.29, 1.82) is 0 Å². The lowest BCUT2D eigenvalue weighted by atomic mass is 10.2. The van der Waals surface area contributed by atoms with E-state index in [2.05, 4.69) is 5.32 Å². The van der Waals surface area contributed by atoms with Gasteiger partial charge in [-0.05, 0) is 31.0 Å². The number of ether oxygens (including phenoxy) is 1. The highest BCUT2D eigenvalue weighted by atomic mass is 32.2. The van der Waals surface area contributed by atoms with Crippen LogP contribution in [0.25, 0.3) is 0 Å². The lowest BCUT2D eigenvalue weighted by molar-refractivity contribution is -0.113. The van der Waals surface area contributed by atoms with E-state index in [0.29, 0.717) is 17.1 Å². The van der Waals surface area contributed by atoms with E-state index in [1.165, 1.54) is 13.2 Å². The maximum Gasteiger partial charge on any atom is 0.239 e. The fourth-order valence-electron chi connectivity index (χ4n) is 1.74. The Hall–Kier alpha value is -1.76. The molecular formula is C14H22N2O4S. The zero-order valence-electron chi connectivity index (χ0n) is 12.7. The number of sulfone groups is 1. The third-order valence-corrected chi connectivity index (χ3v) is 5.68. The second kappa shape index (κ2) is 6.80. The minimum absolute atomic E-state index is 0.0512. The van der Waals surface area contributed by atoms with E-state index in [4.69, 9.17) is 10.5 Å². The van der Waals surface area contributed by atoms with Crippen LogP contribution in [0.5, 0.6) is 5.75 Å². The summed E-state index contributed by atoms with van der Waals surface area (Å²) in [4.78, 5) is 11.9. The number of hydrogen-bond acceptors (Lipinski definition) is 5. The first-order valence-corrected chi connectivity index (χ1v) is 8.34. The molecule has 0 spiro atoms. The first-order chi connectivity index (χ1) is 9.67. The number of benzene rings is 1. The normalized spacial score (nSPS) is 13.0. The molecule has 0 fully saturated rings. The SMILES string of the molecule is COc1ccc(N)cc1NC(=O)CS(=O)(=O)C(C)C(C)C. The van der Waals surface area contributed by atoms with Crippen LogP contribution >= 0.6 is 0 Å². The van der Waals surface area contributed by atoms with E-state index in [-0.39, 0.29) is 5.92 Å². The van der Waals surface area contributed by atoms with Crippen molar-refractivity contribution >= 4 is 27.1 Å². The third kappa shape index (κ3) is 4.63. The van der Waals surface area contributed by atoms with Crippen molar-refractivity contribution in [3.05, 3.63) is 18.2 Å². The van der Waals surface area contributed by atoms with Gasteiger partial charge in [0.05, 0.1) is 18.0 Å². The van der Waals surface area contributed by atoms with Crippen LogP contribution in [0.3, 0.4) is 0 Å². The molecule has 6 nitrogen and oxygen atoms in total. The van der Waals surface area contributed by atoms with E-state index in [1.807, 2.05) is 0 Å². The predicted octanol–water partition coefficient (Wildman–Crippen LogP) is 1.68. The molecule has 3 N–H and O–H groups in total. The van der Waals surface area contributed by atoms with Gasteiger partial charge in [-0.2, -0.15) is 0 Å². The van der Waals surface area contributed by atoms with Crippen LogP contribution in [0.15, 0.2) is 18.2 Å². The maximum atomic E-state index is 12.1. The summed E-state index contributed by atoms with van der Waals surface area (Å²) in [6.45, 7) is 5.22. The monoisotopic (exact) mass is 314 g/mol. The Morgan fingerprint density at radius 1 is 1.33 bits per heavy atom. The van der Waals surface area contributed by atoms with E-state index >= 15 is 0 Å². The van der Waals surface area contributed by atoms with Gasteiger partial charge in [0.15, 0.2) is 9.84 Å². The number of carbonyl (C=O) groups excluding carboxylic acids is 1. The van der Waals surface area contributed by atoms with Gasteiger partial charge >= 0.3 is 0 Å². The molecule has 0 aliphatic rings. The molecule has 0 heterocycles. The summed E-state index contributed by atoms with van der Waals surface area (Å²) in [5.41, 5.74) is 6.45. The quantitative estimate of drug-likeness (QED) is 0.778. The molecule has 0 aliphatic carbocycles. The number of methoxy groups -OCH3 is 1. The molecule has 1 atom stereocenters. The summed E-state index contributed by atoms with van der Waals surface area (Å²) >= 11 is 0. The summed E-state index contributed by atoms with van der Waals surface area (Å²) in [6.07, 6.45) is 0.